The number of aromatic nitrogens is 2. The molecule has 1 N–H and O–H groups in total. The summed E-state index contributed by atoms with van der Waals surface area (Å²) in [6.07, 6.45) is 1.79. The minimum Gasteiger partial charge on any atom is -0.278 e. The molecule has 0 saturated heterocycles. The van der Waals surface area contributed by atoms with E-state index in [-0.39, 0.29) is 0 Å². The summed E-state index contributed by atoms with van der Waals surface area (Å²) in [5.74, 6) is 0. The van der Waals surface area contributed by atoms with Crippen LogP contribution in [0.3, 0.4) is 0 Å². The summed E-state index contributed by atoms with van der Waals surface area (Å²) in [4.78, 5) is 0.955. The first-order chi connectivity index (χ1) is 4.86. The van der Waals surface area contributed by atoms with E-state index in [0.717, 1.165) is 15.8 Å². The molecule has 0 aliphatic rings. The second kappa shape index (κ2) is 2.02. The van der Waals surface area contributed by atoms with Crippen LogP contribution in [-0.2, 0) is 0 Å². The van der Waals surface area contributed by atoms with Crippen LogP contribution in [0.15, 0.2) is 29.3 Å². The van der Waals surface area contributed by atoms with Crippen molar-refractivity contribution in [3.63, 3.8) is 0 Å². The number of hydrogen-bond acceptors (Lipinski definition) is 2. The summed E-state index contributed by atoms with van der Waals surface area (Å²) in [6, 6.07) is 5.88. The summed E-state index contributed by atoms with van der Waals surface area (Å²) in [6.45, 7) is 0. The smallest absolute Gasteiger partial charge is 0.0661 e. The molecule has 0 unspecified atom stereocenters. The fraction of sp³-hybridized carbons (Fsp3) is 0. The maximum atomic E-state index is 4.19. The Morgan fingerprint density at radius 3 is 3.20 bits per heavy atom. The van der Waals surface area contributed by atoms with Gasteiger partial charge in [-0.25, -0.2) is 0 Å². The molecule has 0 amide bonds. The first-order valence-corrected chi connectivity index (χ1v) is 3.43. The predicted octanol–water partition coefficient (Wildman–Crippen LogP) is 1.85. The lowest BCUT2D eigenvalue weighted by atomic mass is 10.3. The fourth-order valence-corrected chi connectivity index (χ4v) is 1.13. The average Bonchev–Trinajstić information content (AvgIpc) is 2.33. The third-order valence-electron chi connectivity index (χ3n) is 1.43. The molecule has 2 nitrogen and oxygen atoms in total. The summed E-state index contributed by atoms with van der Waals surface area (Å²) >= 11 is 4.19. The van der Waals surface area contributed by atoms with Crippen molar-refractivity contribution < 1.29 is 0 Å². The standard InChI is InChI=1S/C7H6N2S/c10-6-2-1-5-4-8-9-7(5)3-6/h1-4,10H,(H,8,9). The van der Waals surface area contributed by atoms with E-state index in [9.17, 15) is 0 Å². The Labute approximate surface area is 63.7 Å². The van der Waals surface area contributed by atoms with Gasteiger partial charge in [-0.05, 0) is 12.1 Å². The number of benzene rings is 1. The van der Waals surface area contributed by atoms with Crippen LogP contribution in [0.4, 0.5) is 0 Å². The van der Waals surface area contributed by atoms with Crippen LogP contribution in [0.2, 0.25) is 0 Å². The average molecular weight is 150 g/mol. The van der Waals surface area contributed by atoms with Crippen LogP contribution >= 0.6 is 12.6 Å². The Morgan fingerprint density at radius 2 is 2.30 bits per heavy atom. The Hall–Kier alpha value is -0.960. The highest BCUT2D eigenvalue weighted by molar-refractivity contribution is 7.80. The van der Waals surface area contributed by atoms with E-state index >= 15 is 0 Å². The molecule has 2 aromatic rings. The van der Waals surface area contributed by atoms with E-state index in [0.29, 0.717) is 0 Å². The van der Waals surface area contributed by atoms with E-state index < -0.39 is 0 Å². The minimum atomic E-state index is 0.955. The van der Waals surface area contributed by atoms with Crippen molar-refractivity contribution in [3.05, 3.63) is 24.4 Å². The number of fused-ring (bicyclic) bond motifs is 1. The summed E-state index contributed by atoms with van der Waals surface area (Å²) in [5.41, 5.74) is 1.03. The first kappa shape index (κ1) is 5.80. The van der Waals surface area contributed by atoms with Gasteiger partial charge in [0.25, 0.3) is 0 Å². The molecule has 0 aliphatic heterocycles. The van der Waals surface area contributed by atoms with Gasteiger partial charge in [0, 0.05) is 10.3 Å². The highest BCUT2D eigenvalue weighted by Gasteiger charge is 1.92. The quantitative estimate of drug-likeness (QED) is 0.551. The molecule has 0 fully saturated rings. The fourth-order valence-electron chi connectivity index (χ4n) is 0.925. The van der Waals surface area contributed by atoms with Gasteiger partial charge in [0.05, 0.1) is 11.7 Å². The molecule has 2 rings (SSSR count). The van der Waals surface area contributed by atoms with Crippen molar-refractivity contribution in [2.24, 2.45) is 0 Å². The summed E-state index contributed by atoms with van der Waals surface area (Å²) in [7, 11) is 0. The molecule has 0 radical (unpaired) electrons. The van der Waals surface area contributed by atoms with Gasteiger partial charge >= 0.3 is 0 Å². The number of rotatable bonds is 0. The van der Waals surface area contributed by atoms with E-state index in [1.807, 2.05) is 18.2 Å². The van der Waals surface area contributed by atoms with Gasteiger partial charge in [0.1, 0.15) is 0 Å². The van der Waals surface area contributed by atoms with Gasteiger partial charge in [-0.2, -0.15) is 5.10 Å². The predicted molar refractivity (Wildman–Crippen MR) is 43.3 cm³/mol. The third kappa shape index (κ3) is 0.789. The highest BCUT2D eigenvalue weighted by Crippen LogP contribution is 2.14. The maximum absolute atomic E-state index is 4.19. The second-order valence-corrected chi connectivity index (χ2v) is 2.66. The van der Waals surface area contributed by atoms with Crippen molar-refractivity contribution in [1.82, 2.24) is 10.2 Å². The second-order valence-electron chi connectivity index (χ2n) is 2.14. The summed E-state index contributed by atoms with van der Waals surface area (Å²) < 4.78 is 0. The Kier molecular flexibility index (Phi) is 1.17. The molecule has 0 saturated carbocycles. The van der Waals surface area contributed by atoms with Crippen molar-refractivity contribution in [2.45, 2.75) is 4.90 Å². The lowest BCUT2D eigenvalue weighted by molar-refractivity contribution is 1.12. The monoisotopic (exact) mass is 150 g/mol. The Bertz CT molecular complexity index is 353. The lowest BCUT2D eigenvalue weighted by Crippen LogP contribution is -1.67. The van der Waals surface area contributed by atoms with E-state index in [4.69, 9.17) is 0 Å². The van der Waals surface area contributed by atoms with Crippen molar-refractivity contribution in [2.75, 3.05) is 0 Å². The van der Waals surface area contributed by atoms with Crippen LogP contribution in [0.1, 0.15) is 0 Å². The topological polar surface area (TPSA) is 28.7 Å². The number of H-pyrrole nitrogens is 1. The molecule has 1 aromatic heterocycles. The van der Waals surface area contributed by atoms with Crippen molar-refractivity contribution in [1.29, 1.82) is 0 Å². The van der Waals surface area contributed by atoms with Crippen LogP contribution in [0.5, 0.6) is 0 Å². The SMILES string of the molecule is Sc1ccc2cn[nH]c2c1. The molecule has 0 bridgehead atoms. The zero-order valence-electron chi connectivity index (χ0n) is 5.20. The first-order valence-electron chi connectivity index (χ1n) is 2.98. The minimum absolute atomic E-state index is 0.955. The highest BCUT2D eigenvalue weighted by atomic mass is 32.1. The van der Waals surface area contributed by atoms with E-state index in [1.54, 1.807) is 6.20 Å². The van der Waals surface area contributed by atoms with Crippen molar-refractivity contribution >= 4 is 23.5 Å². The van der Waals surface area contributed by atoms with Gasteiger partial charge < -0.3 is 0 Å². The van der Waals surface area contributed by atoms with Gasteiger partial charge in [-0.1, -0.05) is 6.07 Å². The largest absolute Gasteiger partial charge is 0.278 e. The van der Waals surface area contributed by atoms with Crippen molar-refractivity contribution in [3.8, 4) is 0 Å². The van der Waals surface area contributed by atoms with Crippen LogP contribution < -0.4 is 0 Å². The molecule has 10 heavy (non-hydrogen) atoms. The number of hydrogen-bond donors (Lipinski definition) is 2. The van der Waals surface area contributed by atoms with Gasteiger partial charge in [-0.15, -0.1) is 12.6 Å². The Balaban J connectivity index is 2.86. The maximum Gasteiger partial charge on any atom is 0.0661 e. The van der Waals surface area contributed by atoms with Gasteiger partial charge in [-0.3, -0.25) is 5.10 Å². The molecular weight excluding hydrogens is 144 g/mol. The number of nitrogens with zero attached hydrogens (tertiary/aromatic N) is 1. The Morgan fingerprint density at radius 1 is 1.40 bits per heavy atom. The van der Waals surface area contributed by atoms with Crippen LogP contribution in [-0.4, -0.2) is 10.2 Å². The molecule has 1 heterocycles. The molecule has 1 aromatic carbocycles. The van der Waals surface area contributed by atoms with E-state index in [2.05, 4.69) is 22.8 Å². The zero-order chi connectivity index (χ0) is 6.97. The number of thiol groups is 1. The van der Waals surface area contributed by atoms with Crippen LogP contribution in [0, 0.1) is 0 Å². The zero-order valence-corrected chi connectivity index (χ0v) is 6.10. The normalized spacial score (nSPS) is 10.5. The molecule has 0 aliphatic carbocycles. The number of aromatic amines is 1. The van der Waals surface area contributed by atoms with Crippen LogP contribution in [0.25, 0.3) is 10.9 Å². The molecule has 50 valence electrons. The lowest BCUT2D eigenvalue weighted by Gasteiger charge is -1.88. The number of nitrogens with one attached hydrogen (secondary N) is 1. The van der Waals surface area contributed by atoms with Gasteiger partial charge in [0.2, 0.25) is 0 Å². The van der Waals surface area contributed by atoms with E-state index in [1.165, 1.54) is 0 Å². The molecule has 3 heteroatoms. The third-order valence-corrected chi connectivity index (χ3v) is 1.70. The van der Waals surface area contributed by atoms with Gasteiger partial charge in [0.15, 0.2) is 0 Å². The summed E-state index contributed by atoms with van der Waals surface area (Å²) in [5, 5.41) is 7.87. The molecular formula is C7H6N2S. The molecule has 0 atom stereocenters. The molecule has 0 spiro atoms.